The number of nitrogens with one attached hydrogen (secondary N) is 1. The Kier molecular flexibility index (Phi) is 4.83. The molecule has 0 aliphatic heterocycles. The van der Waals surface area contributed by atoms with Gasteiger partial charge >= 0.3 is 0 Å². The van der Waals surface area contributed by atoms with Crippen molar-refractivity contribution < 1.29 is 0 Å². The van der Waals surface area contributed by atoms with Gasteiger partial charge in [0.25, 0.3) is 0 Å². The van der Waals surface area contributed by atoms with Crippen LogP contribution in [-0.4, -0.2) is 18.4 Å². The van der Waals surface area contributed by atoms with Crippen molar-refractivity contribution in [2.75, 3.05) is 11.4 Å². The molecule has 0 saturated heterocycles. The summed E-state index contributed by atoms with van der Waals surface area (Å²) >= 11 is 0. The van der Waals surface area contributed by atoms with E-state index in [1.54, 1.807) is 0 Å². The monoisotopic (exact) mass is 219 g/mol. The summed E-state index contributed by atoms with van der Waals surface area (Å²) in [5.41, 5.74) is 6.62. The fraction of sp³-hybridized carbons (Fsp3) is 0.462. The Morgan fingerprint density at radius 1 is 1.38 bits per heavy atom. The van der Waals surface area contributed by atoms with Gasteiger partial charge in [0.15, 0.2) is 0 Å². The molecular formula is C13H21N3. The first-order chi connectivity index (χ1) is 7.65. The number of hydrogen-bond donors (Lipinski definition) is 2. The Balaban J connectivity index is 2.75. The SMILES string of the molecule is CCC(C)N(CCC(=N)N)c1ccccc1. The van der Waals surface area contributed by atoms with Crippen LogP contribution < -0.4 is 10.6 Å². The van der Waals surface area contributed by atoms with E-state index in [1.807, 2.05) is 18.2 Å². The van der Waals surface area contributed by atoms with Gasteiger partial charge in [0.1, 0.15) is 0 Å². The summed E-state index contributed by atoms with van der Waals surface area (Å²) in [5.74, 6) is 0.254. The van der Waals surface area contributed by atoms with Gasteiger partial charge in [-0.3, -0.25) is 5.41 Å². The van der Waals surface area contributed by atoms with Crippen molar-refractivity contribution in [1.82, 2.24) is 0 Å². The summed E-state index contributed by atoms with van der Waals surface area (Å²) in [6.07, 6.45) is 1.71. The third kappa shape index (κ3) is 3.57. The lowest BCUT2D eigenvalue weighted by atomic mass is 10.1. The van der Waals surface area contributed by atoms with Gasteiger partial charge in [-0.2, -0.15) is 0 Å². The van der Waals surface area contributed by atoms with Crippen LogP contribution in [0.25, 0.3) is 0 Å². The molecule has 16 heavy (non-hydrogen) atoms. The second-order valence-electron chi connectivity index (χ2n) is 4.06. The van der Waals surface area contributed by atoms with Crippen molar-refractivity contribution in [3.63, 3.8) is 0 Å². The zero-order valence-corrected chi connectivity index (χ0v) is 10.1. The molecule has 0 radical (unpaired) electrons. The summed E-state index contributed by atoms with van der Waals surface area (Å²) in [4.78, 5) is 2.31. The Labute approximate surface area is 97.8 Å². The van der Waals surface area contributed by atoms with Crippen molar-refractivity contribution in [2.24, 2.45) is 5.73 Å². The summed E-state index contributed by atoms with van der Waals surface area (Å²) in [6.45, 7) is 5.19. The molecule has 0 bridgehead atoms. The zero-order valence-electron chi connectivity index (χ0n) is 10.1. The van der Waals surface area contributed by atoms with Crippen LogP contribution in [0.1, 0.15) is 26.7 Å². The van der Waals surface area contributed by atoms with E-state index < -0.39 is 0 Å². The molecule has 1 aromatic rings. The number of nitrogens with zero attached hydrogens (tertiary/aromatic N) is 1. The van der Waals surface area contributed by atoms with Gasteiger partial charge in [-0.05, 0) is 25.5 Å². The number of hydrogen-bond acceptors (Lipinski definition) is 2. The molecule has 0 fully saturated rings. The lowest BCUT2D eigenvalue weighted by Gasteiger charge is -2.30. The molecule has 3 nitrogen and oxygen atoms in total. The Morgan fingerprint density at radius 3 is 2.50 bits per heavy atom. The number of anilines is 1. The van der Waals surface area contributed by atoms with Crippen molar-refractivity contribution in [1.29, 1.82) is 5.41 Å². The number of rotatable bonds is 6. The van der Waals surface area contributed by atoms with Crippen molar-refractivity contribution in [3.8, 4) is 0 Å². The maximum Gasteiger partial charge on any atom is 0.0923 e. The van der Waals surface area contributed by atoms with Gasteiger partial charge in [0, 0.05) is 24.7 Å². The molecular weight excluding hydrogens is 198 g/mol. The van der Waals surface area contributed by atoms with Crippen molar-refractivity contribution in [2.45, 2.75) is 32.7 Å². The summed E-state index contributed by atoms with van der Waals surface area (Å²) in [6, 6.07) is 10.8. The summed E-state index contributed by atoms with van der Waals surface area (Å²) in [7, 11) is 0. The van der Waals surface area contributed by atoms with Crippen LogP contribution in [-0.2, 0) is 0 Å². The standard InChI is InChI=1S/C13H21N3/c1-3-11(2)16(10-9-13(14)15)12-7-5-4-6-8-12/h4-8,11H,3,9-10H2,1-2H3,(H3,14,15). The fourth-order valence-electron chi connectivity index (χ4n) is 1.68. The zero-order chi connectivity index (χ0) is 12.0. The minimum Gasteiger partial charge on any atom is -0.388 e. The van der Waals surface area contributed by atoms with E-state index >= 15 is 0 Å². The predicted molar refractivity (Wildman–Crippen MR) is 70.1 cm³/mol. The van der Waals surface area contributed by atoms with Crippen LogP contribution in [0.3, 0.4) is 0 Å². The van der Waals surface area contributed by atoms with Crippen LogP contribution in [0.4, 0.5) is 5.69 Å². The highest BCUT2D eigenvalue weighted by Crippen LogP contribution is 2.18. The molecule has 3 heteroatoms. The third-order valence-electron chi connectivity index (χ3n) is 2.83. The molecule has 0 amide bonds. The second-order valence-corrected chi connectivity index (χ2v) is 4.06. The first-order valence-corrected chi connectivity index (χ1v) is 5.79. The van der Waals surface area contributed by atoms with Gasteiger partial charge in [-0.15, -0.1) is 0 Å². The minimum absolute atomic E-state index is 0.254. The minimum atomic E-state index is 0.254. The normalized spacial score (nSPS) is 12.1. The molecule has 1 rings (SSSR count). The van der Waals surface area contributed by atoms with E-state index in [1.165, 1.54) is 5.69 Å². The first-order valence-electron chi connectivity index (χ1n) is 5.79. The van der Waals surface area contributed by atoms with E-state index in [-0.39, 0.29) is 5.84 Å². The Hall–Kier alpha value is -1.51. The maximum atomic E-state index is 7.30. The van der Waals surface area contributed by atoms with E-state index in [9.17, 15) is 0 Å². The van der Waals surface area contributed by atoms with E-state index in [0.29, 0.717) is 12.5 Å². The van der Waals surface area contributed by atoms with E-state index in [2.05, 4.69) is 30.9 Å². The third-order valence-corrected chi connectivity index (χ3v) is 2.83. The smallest absolute Gasteiger partial charge is 0.0923 e. The van der Waals surface area contributed by atoms with Gasteiger partial charge < -0.3 is 10.6 Å². The summed E-state index contributed by atoms with van der Waals surface area (Å²) in [5, 5.41) is 7.30. The molecule has 3 N–H and O–H groups in total. The number of benzene rings is 1. The average Bonchev–Trinajstić information content (AvgIpc) is 2.30. The quantitative estimate of drug-likeness (QED) is 0.571. The Morgan fingerprint density at radius 2 is 2.00 bits per heavy atom. The van der Waals surface area contributed by atoms with Crippen LogP contribution in [0.5, 0.6) is 0 Å². The molecule has 0 saturated carbocycles. The maximum absolute atomic E-state index is 7.30. The second kappa shape index (κ2) is 6.16. The van der Waals surface area contributed by atoms with Crippen LogP contribution in [0, 0.1) is 5.41 Å². The molecule has 0 spiro atoms. The predicted octanol–water partition coefficient (Wildman–Crippen LogP) is 2.62. The van der Waals surface area contributed by atoms with Gasteiger partial charge in [0.05, 0.1) is 5.84 Å². The molecule has 0 aliphatic carbocycles. The van der Waals surface area contributed by atoms with Gasteiger partial charge in [0.2, 0.25) is 0 Å². The lowest BCUT2D eigenvalue weighted by molar-refractivity contribution is 0.621. The van der Waals surface area contributed by atoms with E-state index in [4.69, 9.17) is 11.1 Å². The highest BCUT2D eigenvalue weighted by Gasteiger charge is 2.12. The fourth-order valence-corrected chi connectivity index (χ4v) is 1.68. The van der Waals surface area contributed by atoms with Crippen molar-refractivity contribution in [3.05, 3.63) is 30.3 Å². The van der Waals surface area contributed by atoms with Gasteiger partial charge in [-0.25, -0.2) is 0 Å². The van der Waals surface area contributed by atoms with Crippen LogP contribution in [0.2, 0.25) is 0 Å². The number of para-hydroxylation sites is 1. The molecule has 0 heterocycles. The highest BCUT2D eigenvalue weighted by molar-refractivity contribution is 5.77. The first kappa shape index (κ1) is 12.6. The molecule has 1 aromatic carbocycles. The highest BCUT2D eigenvalue weighted by atomic mass is 15.2. The van der Waals surface area contributed by atoms with Crippen LogP contribution in [0.15, 0.2) is 30.3 Å². The van der Waals surface area contributed by atoms with E-state index in [0.717, 1.165) is 13.0 Å². The molecule has 1 atom stereocenters. The van der Waals surface area contributed by atoms with Gasteiger partial charge in [-0.1, -0.05) is 25.1 Å². The number of nitrogens with two attached hydrogens (primary N) is 1. The molecule has 0 aliphatic rings. The van der Waals surface area contributed by atoms with Crippen LogP contribution >= 0.6 is 0 Å². The Bertz CT molecular complexity index is 321. The number of amidine groups is 1. The summed E-state index contributed by atoms with van der Waals surface area (Å²) < 4.78 is 0. The lowest BCUT2D eigenvalue weighted by Crippen LogP contribution is -2.35. The van der Waals surface area contributed by atoms with Crippen molar-refractivity contribution >= 4 is 11.5 Å². The molecule has 88 valence electrons. The average molecular weight is 219 g/mol. The molecule has 1 unspecified atom stereocenters. The largest absolute Gasteiger partial charge is 0.388 e. The topological polar surface area (TPSA) is 53.1 Å². The molecule has 0 aromatic heterocycles.